The molecule has 1 aliphatic heterocycles. The Balaban J connectivity index is 0. The van der Waals surface area contributed by atoms with E-state index in [0.29, 0.717) is 32.5 Å². The number of β-amino-alcohol motifs (C(OH)–C–C–N with tert-alkyl or cyclic N) is 1. The summed E-state index contributed by atoms with van der Waals surface area (Å²) in [5.74, 6) is 9.72. The molecule has 1 aromatic rings. The first-order chi connectivity index (χ1) is 20.5. The predicted molar refractivity (Wildman–Crippen MR) is 187 cm³/mol. The van der Waals surface area contributed by atoms with Crippen LogP contribution in [0.5, 0.6) is 0 Å². The lowest BCUT2D eigenvalue weighted by atomic mass is 10.1. The summed E-state index contributed by atoms with van der Waals surface area (Å²) in [6.07, 6.45) is 6.81. The minimum absolute atomic E-state index is 0.0164. The van der Waals surface area contributed by atoms with Gasteiger partial charge in [0.2, 0.25) is 12.3 Å². The molecule has 244 valence electrons. The van der Waals surface area contributed by atoms with Crippen molar-refractivity contribution in [2.24, 2.45) is 11.8 Å². The van der Waals surface area contributed by atoms with Gasteiger partial charge in [0.25, 0.3) is 0 Å². The quantitative estimate of drug-likeness (QED) is 0.104. The van der Waals surface area contributed by atoms with Crippen molar-refractivity contribution in [1.29, 1.82) is 0 Å². The first kappa shape index (κ1) is 42.4. The number of nitrogens with zero attached hydrogens (tertiary/aromatic N) is 2. The number of hydrazine groups is 1. The molecule has 1 atom stereocenters. The second-order valence-electron chi connectivity index (χ2n) is 10.8. The van der Waals surface area contributed by atoms with E-state index >= 15 is 0 Å². The van der Waals surface area contributed by atoms with Gasteiger partial charge in [-0.1, -0.05) is 103 Å². The maximum atomic E-state index is 11.9. The van der Waals surface area contributed by atoms with Crippen molar-refractivity contribution in [2.75, 3.05) is 19.6 Å². The standard InChI is InChI=1S/C16H19NOS.C13H25N3O2.C4H10.C2H6/c1-4-5-10-19-16(13(2)3)15-8-6-14(7-9-15)11-17-12-18;1-3-5-11(4-2)8-16(14)10-13(18)15-7-6-12(17)9-15;1-4(2)3;1-2/h6-9,12H,4,11H2,1-3H3,(H,17,18);8,12,17H,3-7,9-10,14H2,1-2H3;4H,1-3H3;1-2H3/b;11-8-;;. The molecule has 2 amide bonds. The molecule has 0 saturated carbocycles. The maximum absolute atomic E-state index is 11.9. The number of hydrogen-bond donors (Lipinski definition) is 3. The van der Waals surface area contributed by atoms with Crippen LogP contribution in [0.1, 0.15) is 112 Å². The van der Waals surface area contributed by atoms with Gasteiger partial charge in [0.05, 0.1) is 6.10 Å². The van der Waals surface area contributed by atoms with Crippen molar-refractivity contribution in [2.45, 2.75) is 114 Å². The summed E-state index contributed by atoms with van der Waals surface area (Å²) in [7, 11) is 0. The van der Waals surface area contributed by atoms with Gasteiger partial charge < -0.3 is 20.3 Å². The highest BCUT2D eigenvalue weighted by Crippen LogP contribution is 2.30. The van der Waals surface area contributed by atoms with Gasteiger partial charge in [-0.3, -0.25) is 9.59 Å². The van der Waals surface area contributed by atoms with Crippen LogP contribution in [0.3, 0.4) is 0 Å². The van der Waals surface area contributed by atoms with Crippen molar-refractivity contribution >= 4 is 29.0 Å². The molecule has 8 heteroatoms. The van der Waals surface area contributed by atoms with Crippen molar-refractivity contribution in [3.8, 4) is 11.2 Å². The Hall–Kier alpha value is -2.73. The Kier molecular flexibility index (Phi) is 26.5. The molecule has 0 aromatic heterocycles. The molecule has 0 bridgehead atoms. The topological polar surface area (TPSA) is 98.9 Å². The van der Waals surface area contributed by atoms with E-state index in [1.807, 2.05) is 39.1 Å². The summed E-state index contributed by atoms with van der Waals surface area (Å²) in [5, 5.41) is 16.6. The normalized spacial score (nSPS) is 13.6. The molecule has 1 heterocycles. The molecule has 1 fully saturated rings. The second kappa shape index (κ2) is 26.9. The smallest absolute Gasteiger partial charge is 0.243 e. The van der Waals surface area contributed by atoms with Crippen LogP contribution in [0.25, 0.3) is 4.91 Å². The summed E-state index contributed by atoms with van der Waals surface area (Å²) >= 11 is 1.58. The highest BCUT2D eigenvalue weighted by molar-refractivity contribution is 8.12. The van der Waals surface area contributed by atoms with Crippen LogP contribution in [-0.2, 0) is 16.1 Å². The third-order valence-electron chi connectivity index (χ3n) is 5.67. The molecule has 1 aliphatic rings. The number of allylic oxidation sites excluding steroid dienone is 2. The fourth-order valence-electron chi connectivity index (χ4n) is 3.70. The number of rotatable bonds is 11. The van der Waals surface area contributed by atoms with E-state index < -0.39 is 0 Å². The van der Waals surface area contributed by atoms with Crippen molar-refractivity contribution in [3.63, 3.8) is 0 Å². The molecule has 1 saturated heterocycles. The number of carbonyl (C=O) groups excluding carboxylic acids is 2. The van der Waals surface area contributed by atoms with Crippen molar-refractivity contribution in [3.05, 3.63) is 52.7 Å². The molecular formula is C35H60N4O3S. The van der Waals surface area contributed by atoms with Crippen LogP contribution in [0.15, 0.2) is 41.6 Å². The van der Waals surface area contributed by atoms with Gasteiger partial charge in [-0.15, -0.1) is 0 Å². The Morgan fingerprint density at radius 3 is 2.23 bits per heavy atom. The van der Waals surface area contributed by atoms with E-state index in [0.717, 1.165) is 37.2 Å². The molecular weight excluding hydrogens is 556 g/mol. The Morgan fingerprint density at radius 2 is 1.79 bits per heavy atom. The van der Waals surface area contributed by atoms with Gasteiger partial charge in [0, 0.05) is 37.2 Å². The van der Waals surface area contributed by atoms with Crippen LogP contribution >= 0.6 is 11.8 Å². The van der Waals surface area contributed by atoms with Crippen LogP contribution in [-0.4, -0.2) is 53.1 Å². The number of benzene rings is 1. The van der Waals surface area contributed by atoms with E-state index in [1.165, 1.54) is 26.6 Å². The molecule has 2 rings (SSSR count). The van der Waals surface area contributed by atoms with Crippen molar-refractivity contribution < 1.29 is 14.7 Å². The second-order valence-corrected chi connectivity index (χ2v) is 11.7. The maximum Gasteiger partial charge on any atom is 0.243 e. The summed E-state index contributed by atoms with van der Waals surface area (Å²) in [4.78, 5) is 25.0. The Labute approximate surface area is 267 Å². The fourth-order valence-corrected chi connectivity index (χ4v) is 4.48. The number of amides is 2. The highest BCUT2D eigenvalue weighted by atomic mass is 32.2. The largest absolute Gasteiger partial charge is 0.391 e. The van der Waals surface area contributed by atoms with Crippen LogP contribution in [0.4, 0.5) is 0 Å². The SMILES string of the molecule is CC.CC(C)C.CCC#CSC(=C(C)C)c1ccc(CNC=O)cc1.CCC/C(=C\N(N)CC(=O)N1CCC(O)C1)CC. The summed E-state index contributed by atoms with van der Waals surface area (Å²) in [6, 6.07) is 8.21. The van der Waals surface area contributed by atoms with Gasteiger partial charge in [-0.25, -0.2) is 5.84 Å². The van der Waals surface area contributed by atoms with E-state index in [-0.39, 0.29) is 18.6 Å². The number of nitrogens with one attached hydrogen (secondary N) is 1. The van der Waals surface area contributed by atoms with Gasteiger partial charge >= 0.3 is 0 Å². The number of aliphatic hydroxyl groups excluding tert-OH is 1. The lowest BCUT2D eigenvalue weighted by Crippen LogP contribution is -2.40. The Bertz CT molecular complexity index is 1000. The minimum atomic E-state index is -0.373. The fraction of sp³-hybridized carbons (Fsp3) is 0.600. The lowest BCUT2D eigenvalue weighted by molar-refractivity contribution is -0.131. The van der Waals surface area contributed by atoms with E-state index in [1.54, 1.807) is 16.7 Å². The number of thioether (sulfide) groups is 1. The van der Waals surface area contributed by atoms with Crippen molar-refractivity contribution in [1.82, 2.24) is 15.2 Å². The van der Waals surface area contributed by atoms with Gasteiger partial charge in [0.1, 0.15) is 6.54 Å². The van der Waals surface area contributed by atoms with Crippen LogP contribution in [0.2, 0.25) is 0 Å². The summed E-state index contributed by atoms with van der Waals surface area (Å²) in [6.45, 7) is 22.8. The number of carbonyl (C=O) groups is 2. The predicted octanol–water partition coefficient (Wildman–Crippen LogP) is 7.33. The van der Waals surface area contributed by atoms with Gasteiger partial charge in [-0.2, -0.15) is 0 Å². The lowest BCUT2D eigenvalue weighted by Gasteiger charge is -2.20. The molecule has 7 nitrogen and oxygen atoms in total. The van der Waals surface area contributed by atoms with Gasteiger partial charge in [0.15, 0.2) is 0 Å². The molecule has 4 N–H and O–H groups in total. The van der Waals surface area contributed by atoms with E-state index in [2.05, 4.69) is 77.1 Å². The zero-order chi connectivity index (χ0) is 33.2. The molecule has 1 unspecified atom stereocenters. The average Bonchev–Trinajstić information content (AvgIpc) is 3.41. The zero-order valence-corrected chi connectivity index (χ0v) is 29.4. The van der Waals surface area contributed by atoms with Gasteiger partial charge in [-0.05, 0) is 67.2 Å². The Morgan fingerprint density at radius 1 is 1.19 bits per heavy atom. The molecule has 0 spiro atoms. The molecule has 43 heavy (non-hydrogen) atoms. The monoisotopic (exact) mass is 616 g/mol. The molecule has 0 aliphatic carbocycles. The zero-order valence-electron chi connectivity index (χ0n) is 28.6. The summed E-state index contributed by atoms with van der Waals surface area (Å²) < 4.78 is 0. The van der Waals surface area contributed by atoms with Crippen LogP contribution in [0, 0.1) is 17.1 Å². The first-order valence-electron chi connectivity index (χ1n) is 15.7. The average molecular weight is 617 g/mol. The van der Waals surface area contributed by atoms with Crippen LogP contribution < -0.4 is 11.2 Å². The molecule has 1 aromatic carbocycles. The number of hydrogen-bond acceptors (Lipinski definition) is 6. The third-order valence-corrected chi connectivity index (χ3v) is 6.76. The number of likely N-dealkylation sites (tertiary alicyclic amines) is 1. The number of aliphatic hydroxyl groups is 1. The summed E-state index contributed by atoms with van der Waals surface area (Å²) in [5.41, 5.74) is 4.78. The third kappa shape index (κ3) is 21.6. The van der Waals surface area contributed by atoms with E-state index in [9.17, 15) is 14.7 Å². The van der Waals surface area contributed by atoms with E-state index in [4.69, 9.17) is 5.84 Å². The number of nitrogens with two attached hydrogens (primary N) is 1. The molecule has 0 radical (unpaired) electrons. The highest BCUT2D eigenvalue weighted by Gasteiger charge is 2.24. The first-order valence-corrected chi connectivity index (χ1v) is 16.6. The minimum Gasteiger partial charge on any atom is -0.391 e.